The van der Waals surface area contributed by atoms with Crippen LogP contribution in [-0.2, 0) is 12.7 Å². The van der Waals surface area contributed by atoms with Crippen LogP contribution in [0.3, 0.4) is 0 Å². The summed E-state index contributed by atoms with van der Waals surface area (Å²) in [6.45, 7) is 3.78. The van der Waals surface area contributed by atoms with E-state index in [1.165, 1.54) is 12.4 Å². The second-order valence-electron chi connectivity index (χ2n) is 9.26. The quantitative estimate of drug-likeness (QED) is 0.351. The van der Waals surface area contributed by atoms with Crippen LogP contribution in [0.1, 0.15) is 35.7 Å². The smallest absolute Gasteiger partial charge is 0.383 e. The van der Waals surface area contributed by atoms with Gasteiger partial charge in [0.2, 0.25) is 0 Å². The van der Waals surface area contributed by atoms with Crippen LogP contribution in [-0.4, -0.2) is 51.9 Å². The van der Waals surface area contributed by atoms with Crippen LogP contribution in [0, 0.1) is 17.1 Å². The second kappa shape index (κ2) is 9.49. The first kappa shape index (κ1) is 24.2. The molecule has 0 saturated carbocycles. The minimum Gasteiger partial charge on any atom is -0.383 e. The lowest BCUT2D eigenvalue weighted by Gasteiger charge is -2.34. The second-order valence-corrected chi connectivity index (χ2v) is 9.26. The highest BCUT2D eigenvalue weighted by atomic mass is 19.4. The molecule has 12 heteroatoms. The number of anilines is 2. The summed E-state index contributed by atoms with van der Waals surface area (Å²) in [6, 6.07) is 3.02. The maximum Gasteiger partial charge on any atom is 0.419 e. The van der Waals surface area contributed by atoms with Gasteiger partial charge in [0, 0.05) is 62.5 Å². The lowest BCUT2D eigenvalue weighted by Crippen LogP contribution is -2.44. The maximum absolute atomic E-state index is 13.8. The van der Waals surface area contributed by atoms with Gasteiger partial charge in [-0.1, -0.05) is 0 Å². The van der Waals surface area contributed by atoms with Crippen molar-refractivity contribution < 1.29 is 17.6 Å². The van der Waals surface area contributed by atoms with E-state index < -0.39 is 17.6 Å². The molecule has 2 aliphatic rings. The van der Waals surface area contributed by atoms with E-state index in [1.54, 1.807) is 6.20 Å². The van der Waals surface area contributed by atoms with Gasteiger partial charge in [0.05, 0.1) is 16.8 Å². The van der Waals surface area contributed by atoms with Crippen molar-refractivity contribution in [2.24, 2.45) is 5.92 Å². The molecule has 190 valence electrons. The van der Waals surface area contributed by atoms with Crippen LogP contribution in [0.4, 0.5) is 29.2 Å². The average Bonchev–Trinajstić information content (AvgIpc) is 3.25. The molecule has 3 aromatic rings. The van der Waals surface area contributed by atoms with Crippen molar-refractivity contribution in [1.82, 2.24) is 24.8 Å². The Morgan fingerprint density at radius 3 is 2.56 bits per heavy atom. The van der Waals surface area contributed by atoms with Gasteiger partial charge in [0.15, 0.2) is 0 Å². The van der Waals surface area contributed by atoms with Crippen LogP contribution in [0.25, 0.3) is 11.3 Å². The van der Waals surface area contributed by atoms with E-state index in [0.29, 0.717) is 42.6 Å². The Bertz CT molecular complexity index is 1260. The first-order valence-corrected chi connectivity index (χ1v) is 11.8. The van der Waals surface area contributed by atoms with E-state index in [1.807, 2.05) is 4.57 Å². The molecule has 0 aliphatic carbocycles. The third-order valence-corrected chi connectivity index (χ3v) is 6.89. The molecule has 4 N–H and O–H groups in total. The molecule has 0 radical (unpaired) electrons. The van der Waals surface area contributed by atoms with Crippen molar-refractivity contribution in [2.75, 3.05) is 36.8 Å². The van der Waals surface area contributed by atoms with Crippen LogP contribution >= 0.6 is 0 Å². The predicted molar refractivity (Wildman–Crippen MR) is 128 cm³/mol. The lowest BCUT2D eigenvalue weighted by atomic mass is 9.95. The number of hydrogen-bond donors (Lipinski definition) is 3. The number of nitrogens with two attached hydrogens (primary N) is 1. The van der Waals surface area contributed by atoms with Gasteiger partial charge in [-0.25, -0.2) is 19.3 Å². The first-order valence-electron chi connectivity index (χ1n) is 11.8. The van der Waals surface area contributed by atoms with Crippen LogP contribution in [0.15, 0.2) is 30.7 Å². The van der Waals surface area contributed by atoms with E-state index in [9.17, 15) is 17.6 Å². The Labute approximate surface area is 205 Å². The molecule has 0 unspecified atom stereocenters. The minimum absolute atomic E-state index is 0.0909. The van der Waals surface area contributed by atoms with Crippen molar-refractivity contribution in [3.8, 4) is 11.3 Å². The molecule has 8 nitrogen and oxygen atoms in total. The van der Waals surface area contributed by atoms with Crippen LogP contribution in [0.2, 0.25) is 0 Å². The summed E-state index contributed by atoms with van der Waals surface area (Å²) >= 11 is 0. The average molecular weight is 503 g/mol. The van der Waals surface area contributed by atoms with Gasteiger partial charge in [-0.3, -0.25) is 0 Å². The molecule has 4 heterocycles. The number of benzene rings is 1. The molecule has 36 heavy (non-hydrogen) atoms. The monoisotopic (exact) mass is 502 g/mol. The normalized spacial score (nSPS) is 17.3. The Balaban J connectivity index is 1.42. The van der Waals surface area contributed by atoms with Gasteiger partial charge in [-0.05, 0) is 31.0 Å². The number of imidazole rings is 1. The van der Waals surface area contributed by atoms with Crippen molar-refractivity contribution in [1.29, 1.82) is 5.41 Å². The van der Waals surface area contributed by atoms with E-state index in [0.717, 1.165) is 50.1 Å². The fraction of sp³-hybridized carbons (Fsp3) is 0.417. The third-order valence-electron chi connectivity index (χ3n) is 6.89. The molecule has 2 fully saturated rings. The fourth-order valence-electron chi connectivity index (χ4n) is 4.84. The number of aromatic nitrogens is 4. The molecule has 2 aliphatic heterocycles. The van der Waals surface area contributed by atoms with Crippen molar-refractivity contribution in [3.05, 3.63) is 53.5 Å². The molecule has 0 spiro atoms. The highest BCUT2D eigenvalue weighted by Gasteiger charge is 2.35. The molecule has 5 rings (SSSR count). The number of hydrogen-bond acceptors (Lipinski definition) is 7. The van der Waals surface area contributed by atoms with E-state index in [-0.39, 0.29) is 17.3 Å². The van der Waals surface area contributed by atoms with Gasteiger partial charge in [0.25, 0.3) is 0 Å². The largest absolute Gasteiger partial charge is 0.419 e. The van der Waals surface area contributed by atoms with Gasteiger partial charge >= 0.3 is 6.18 Å². The SMILES string of the molecule is N=Cc1c(N)ncnc1N1CCC(c2nc(-c3ccc(F)c(C(F)(F)F)c3)cn2CC2CNC2)CC1. The van der Waals surface area contributed by atoms with Crippen molar-refractivity contribution in [2.45, 2.75) is 31.5 Å². The van der Waals surface area contributed by atoms with Gasteiger partial charge in [-0.15, -0.1) is 0 Å². The Morgan fingerprint density at radius 1 is 1.17 bits per heavy atom. The zero-order valence-corrected chi connectivity index (χ0v) is 19.4. The highest BCUT2D eigenvalue weighted by Crippen LogP contribution is 2.36. The fourth-order valence-corrected chi connectivity index (χ4v) is 4.84. The Morgan fingerprint density at radius 2 is 1.92 bits per heavy atom. The summed E-state index contributed by atoms with van der Waals surface area (Å²) in [5.41, 5.74) is 5.73. The standard InChI is InChI=1S/C24H26F4N8/c25-19-2-1-16(7-18(19)24(26,27)28)20-12-36(11-14-9-31-10-14)22(34-20)15-3-5-35(6-4-15)23-17(8-29)21(30)32-13-33-23/h1-2,7-8,12-15,29,31H,3-6,9-11H2,(H2,30,32,33). The number of rotatable bonds is 6. The maximum atomic E-state index is 13.8. The number of piperidine rings is 1. The van der Waals surface area contributed by atoms with Gasteiger partial charge in [0.1, 0.15) is 29.6 Å². The zero-order chi connectivity index (χ0) is 25.4. The molecular formula is C24H26F4N8. The number of halogens is 4. The first-order chi connectivity index (χ1) is 17.2. The van der Waals surface area contributed by atoms with E-state index >= 15 is 0 Å². The highest BCUT2D eigenvalue weighted by molar-refractivity contribution is 5.90. The summed E-state index contributed by atoms with van der Waals surface area (Å²) in [4.78, 5) is 15.1. The Hall–Kier alpha value is -3.54. The number of alkyl halides is 3. The Kier molecular flexibility index (Phi) is 6.37. The summed E-state index contributed by atoms with van der Waals surface area (Å²) in [6.07, 6.45) is 1.03. The molecule has 0 atom stereocenters. The summed E-state index contributed by atoms with van der Waals surface area (Å²) in [5, 5.41) is 10.9. The molecule has 1 aromatic carbocycles. The summed E-state index contributed by atoms with van der Waals surface area (Å²) in [7, 11) is 0. The predicted octanol–water partition coefficient (Wildman–Crippen LogP) is 3.68. The molecule has 0 bridgehead atoms. The third kappa shape index (κ3) is 4.64. The van der Waals surface area contributed by atoms with Crippen LogP contribution < -0.4 is 16.0 Å². The molecule has 2 saturated heterocycles. The topological polar surface area (TPSA) is 109 Å². The van der Waals surface area contributed by atoms with E-state index in [2.05, 4.69) is 20.2 Å². The van der Waals surface area contributed by atoms with Gasteiger partial charge < -0.3 is 25.9 Å². The molecule has 2 aromatic heterocycles. The van der Waals surface area contributed by atoms with Crippen molar-refractivity contribution >= 4 is 17.9 Å². The lowest BCUT2D eigenvalue weighted by molar-refractivity contribution is -0.139. The summed E-state index contributed by atoms with van der Waals surface area (Å²) in [5.74, 6) is 0.907. The van der Waals surface area contributed by atoms with E-state index in [4.69, 9.17) is 16.1 Å². The number of nitrogen functional groups attached to an aromatic ring is 1. The van der Waals surface area contributed by atoms with Crippen LogP contribution in [0.5, 0.6) is 0 Å². The zero-order valence-electron chi connectivity index (χ0n) is 19.4. The minimum atomic E-state index is -4.78. The van der Waals surface area contributed by atoms with Gasteiger partial charge in [-0.2, -0.15) is 13.2 Å². The molecular weight excluding hydrogens is 476 g/mol. The van der Waals surface area contributed by atoms with Crippen molar-refractivity contribution in [3.63, 3.8) is 0 Å². The number of nitrogens with one attached hydrogen (secondary N) is 2. The molecule has 0 amide bonds. The number of nitrogens with zero attached hydrogens (tertiary/aromatic N) is 5. The summed E-state index contributed by atoms with van der Waals surface area (Å²) < 4.78 is 55.8.